The molecule has 0 aliphatic carbocycles. The highest BCUT2D eigenvalue weighted by Gasteiger charge is 2.24. The Kier molecular flexibility index (Phi) is 5.68. The number of benzene rings is 2. The second kappa shape index (κ2) is 8.14. The van der Waals surface area contributed by atoms with Gasteiger partial charge in [0.1, 0.15) is 0 Å². The minimum atomic E-state index is -0.579. The Morgan fingerprint density at radius 2 is 1.96 bits per heavy atom. The second-order valence-electron chi connectivity index (χ2n) is 5.80. The maximum absolute atomic E-state index is 12.2. The average molecular weight is 417 g/mol. The van der Waals surface area contributed by atoms with Gasteiger partial charge in [-0.3, -0.25) is 9.59 Å². The third-order valence-electron chi connectivity index (χ3n) is 3.94. The van der Waals surface area contributed by atoms with Crippen LogP contribution in [-0.2, 0) is 14.3 Å². The van der Waals surface area contributed by atoms with Crippen LogP contribution in [0.1, 0.15) is 23.2 Å². The summed E-state index contributed by atoms with van der Waals surface area (Å²) in [5.74, 6) is -1.01. The molecule has 7 heteroatoms. The van der Waals surface area contributed by atoms with E-state index in [1.165, 1.54) is 0 Å². The van der Waals surface area contributed by atoms with Crippen molar-refractivity contribution in [3.63, 3.8) is 0 Å². The fourth-order valence-electron chi connectivity index (χ4n) is 2.73. The summed E-state index contributed by atoms with van der Waals surface area (Å²) in [5.41, 5.74) is 1.53. The number of hydrogen-bond acceptors (Lipinski definition) is 4. The van der Waals surface area contributed by atoms with Gasteiger partial charge in [-0.05, 0) is 36.8 Å². The van der Waals surface area contributed by atoms with Gasteiger partial charge in [-0.25, -0.2) is 4.79 Å². The van der Waals surface area contributed by atoms with Crippen LogP contribution in [0.5, 0.6) is 0 Å². The van der Waals surface area contributed by atoms with Gasteiger partial charge < -0.3 is 15.0 Å². The lowest BCUT2D eigenvalue weighted by Gasteiger charge is -2.19. The molecular formula is C19H17BrN2O4. The molecule has 2 amide bonds. The van der Waals surface area contributed by atoms with Crippen molar-refractivity contribution >= 4 is 45.1 Å². The summed E-state index contributed by atoms with van der Waals surface area (Å²) in [4.78, 5) is 37.8. The second-order valence-corrected chi connectivity index (χ2v) is 6.72. The first-order valence-corrected chi connectivity index (χ1v) is 8.96. The number of carbonyl (C=O) groups excluding carboxylic acids is 3. The molecule has 2 aromatic carbocycles. The average Bonchev–Trinajstić information content (AvgIpc) is 3.06. The number of nitrogens with one attached hydrogen (secondary N) is 1. The van der Waals surface area contributed by atoms with Crippen LogP contribution >= 0.6 is 15.9 Å². The van der Waals surface area contributed by atoms with Crippen molar-refractivity contribution in [1.82, 2.24) is 0 Å². The third-order valence-corrected chi connectivity index (χ3v) is 4.43. The minimum Gasteiger partial charge on any atom is -0.452 e. The van der Waals surface area contributed by atoms with E-state index in [1.54, 1.807) is 47.4 Å². The number of para-hydroxylation sites is 2. The molecule has 2 aromatic rings. The number of halogens is 1. The van der Waals surface area contributed by atoms with E-state index < -0.39 is 18.5 Å². The maximum atomic E-state index is 12.2. The Bertz CT molecular complexity index is 853. The van der Waals surface area contributed by atoms with Crippen LogP contribution < -0.4 is 10.2 Å². The van der Waals surface area contributed by atoms with E-state index in [0.717, 1.165) is 10.9 Å². The molecule has 0 bridgehead atoms. The van der Waals surface area contributed by atoms with Crippen LogP contribution in [0.4, 0.5) is 11.4 Å². The van der Waals surface area contributed by atoms with Crippen molar-refractivity contribution < 1.29 is 19.1 Å². The van der Waals surface area contributed by atoms with E-state index >= 15 is 0 Å². The summed E-state index contributed by atoms with van der Waals surface area (Å²) in [6.07, 6.45) is 1.30. The fourth-order valence-corrected chi connectivity index (χ4v) is 3.13. The Morgan fingerprint density at radius 1 is 1.15 bits per heavy atom. The summed E-state index contributed by atoms with van der Waals surface area (Å²) < 4.78 is 5.80. The zero-order valence-corrected chi connectivity index (χ0v) is 15.5. The van der Waals surface area contributed by atoms with E-state index in [-0.39, 0.29) is 5.91 Å². The number of carbonyl (C=O) groups is 3. The van der Waals surface area contributed by atoms with Crippen molar-refractivity contribution in [2.75, 3.05) is 23.4 Å². The Hall–Kier alpha value is -2.67. The molecule has 134 valence electrons. The molecule has 3 rings (SSSR count). The number of hydrogen-bond donors (Lipinski definition) is 1. The molecule has 0 unspecified atom stereocenters. The van der Waals surface area contributed by atoms with Crippen LogP contribution in [0.15, 0.2) is 53.0 Å². The van der Waals surface area contributed by atoms with Gasteiger partial charge in [0.05, 0.1) is 16.9 Å². The van der Waals surface area contributed by atoms with E-state index in [9.17, 15) is 14.4 Å². The molecule has 0 saturated carbocycles. The molecular weight excluding hydrogens is 400 g/mol. The first kappa shape index (κ1) is 18.1. The summed E-state index contributed by atoms with van der Waals surface area (Å²) in [6, 6.07) is 13.8. The van der Waals surface area contributed by atoms with Gasteiger partial charge in [0, 0.05) is 17.4 Å². The normalized spacial score (nSPS) is 13.6. The predicted octanol–water partition coefficient (Wildman–Crippen LogP) is 3.37. The van der Waals surface area contributed by atoms with Crippen LogP contribution in [0.3, 0.4) is 0 Å². The van der Waals surface area contributed by atoms with Crippen LogP contribution in [0, 0.1) is 0 Å². The van der Waals surface area contributed by atoms with Crippen molar-refractivity contribution in [3.8, 4) is 0 Å². The molecule has 0 atom stereocenters. The van der Waals surface area contributed by atoms with Gasteiger partial charge >= 0.3 is 5.97 Å². The van der Waals surface area contributed by atoms with Crippen LogP contribution in [0.25, 0.3) is 0 Å². The third kappa shape index (κ3) is 4.29. The SMILES string of the molecule is O=C(COC(=O)c1cccc(Br)c1)Nc1ccccc1N1CCCC1=O. The van der Waals surface area contributed by atoms with Gasteiger partial charge in [-0.15, -0.1) is 0 Å². The number of ether oxygens (including phenoxy) is 1. The molecule has 1 aliphatic rings. The van der Waals surface area contributed by atoms with Crippen LogP contribution in [0.2, 0.25) is 0 Å². The smallest absolute Gasteiger partial charge is 0.338 e. The monoisotopic (exact) mass is 416 g/mol. The Morgan fingerprint density at radius 3 is 2.69 bits per heavy atom. The summed E-state index contributed by atoms with van der Waals surface area (Å²) in [7, 11) is 0. The molecule has 1 heterocycles. The lowest BCUT2D eigenvalue weighted by molar-refractivity contribution is -0.119. The van der Waals surface area contributed by atoms with E-state index in [2.05, 4.69) is 21.2 Å². The fraction of sp³-hybridized carbons (Fsp3) is 0.211. The van der Waals surface area contributed by atoms with E-state index in [0.29, 0.717) is 29.9 Å². The summed E-state index contributed by atoms with van der Waals surface area (Å²) in [6.45, 7) is 0.219. The first-order chi connectivity index (χ1) is 12.5. The van der Waals surface area contributed by atoms with Gasteiger partial charge in [0.2, 0.25) is 5.91 Å². The minimum absolute atomic E-state index is 0.0350. The zero-order valence-electron chi connectivity index (χ0n) is 13.9. The Balaban J connectivity index is 1.62. The molecule has 6 nitrogen and oxygen atoms in total. The molecule has 0 spiro atoms. The molecule has 0 aromatic heterocycles. The summed E-state index contributed by atoms with van der Waals surface area (Å²) in [5, 5.41) is 2.71. The maximum Gasteiger partial charge on any atom is 0.338 e. The largest absolute Gasteiger partial charge is 0.452 e. The van der Waals surface area contributed by atoms with E-state index in [1.807, 2.05) is 6.07 Å². The molecule has 0 radical (unpaired) electrons. The topological polar surface area (TPSA) is 75.7 Å². The standard InChI is InChI=1S/C19H17BrN2O4/c20-14-6-3-5-13(11-14)19(25)26-12-17(23)21-15-7-1-2-8-16(15)22-10-4-9-18(22)24/h1-3,5-8,11H,4,9-10,12H2,(H,21,23). The summed E-state index contributed by atoms with van der Waals surface area (Å²) >= 11 is 3.28. The number of amides is 2. The highest BCUT2D eigenvalue weighted by atomic mass is 79.9. The quantitative estimate of drug-likeness (QED) is 0.757. The highest BCUT2D eigenvalue weighted by molar-refractivity contribution is 9.10. The molecule has 1 aliphatic heterocycles. The number of nitrogens with zero attached hydrogens (tertiary/aromatic N) is 1. The molecule has 1 fully saturated rings. The highest BCUT2D eigenvalue weighted by Crippen LogP contribution is 2.29. The van der Waals surface area contributed by atoms with Gasteiger partial charge in [0.25, 0.3) is 5.91 Å². The number of rotatable bonds is 5. The lowest BCUT2D eigenvalue weighted by atomic mass is 10.2. The van der Waals surface area contributed by atoms with Crippen molar-refractivity contribution in [2.24, 2.45) is 0 Å². The lowest BCUT2D eigenvalue weighted by Crippen LogP contribution is -2.27. The molecule has 1 saturated heterocycles. The van der Waals surface area contributed by atoms with Gasteiger partial charge in [-0.2, -0.15) is 0 Å². The Labute approximate surface area is 159 Å². The van der Waals surface area contributed by atoms with Gasteiger partial charge in [0.15, 0.2) is 6.61 Å². The van der Waals surface area contributed by atoms with Gasteiger partial charge in [-0.1, -0.05) is 34.1 Å². The number of esters is 1. The van der Waals surface area contributed by atoms with Crippen molar-refractivity contribution in [3.05, 3.63) is 58.6 Å². The molecule has 1 N–H and O–H groups in total. The van der Waals surface area contributed by atoms with Crippen LogP contribution in [-0.4, -0.2) is 30.9 Å². The van der Waals surface area contributed by atoms with E-state index in [4.69, 9.17) is 4.74 Å². The zero-order chi connectivity index (χ0) is 18.5. The predicted molar refractivity (Wildman–Crippen MR) is 101 cm³/mol. The number of anilines is 2. The van der Waals surface area contributed by atoms with Crippen molar-refractivity contribution in [1.29, 1.82) is 0 Å². The first-order valence-electron chi connectivity index (χ1n) is 8.16. The van der Waals surface area contributed by atoms with Crippen molar-refractivity contribution in [2.45, 2.75) is 12.8 Å². The molecule has 26 heavy (non-hydrogen) atoms.